The highest BCUT2D eigenvalue weighted by Crippen LogP contribution is 2.12. The maximum Gasteiger partial charge on any atom is 0.154 e. The van der Waals surface area contributed by atoms with Crippen molar-refractivity contribution in [3.05, 3.63) is 29.8 Å². The molecule has 1 N–H and O–H groups in total. The first kappa shape index (κ1) is 14.3. The summed E-state index contributed by atoms with van der Waals surface area (Å²) < 4.78 is 23.2. The van der Waals surface area contributed by atoms with Crippen molar-refractivity contribution in [2.24, 2.45) is 0 Å². The predicted octanol–water partition coefficient (Wildman–Crippen LogP) is 2.66. The van der Waals surface area contributed by atoms with Gasteiger partial charge < -0.3 is 5.32 Å². The number of alkyl halides is 1. The standard InChI is InChI=1S/C12H18ClNO2S/c1-10(2)17(15,16)7-6-14-12-5-3-4-11(8-12)9-13/h3-5,8,10,14H,6-7,9H2,1-2H3. The number of halogens is 1. The summed E-state index contributed by atoms with van der Waals surface area (Å²) in [6.45, 7) is 3.82. The van der Waals surface area contributed by atoms with Crippen LogP contribution in [0.4, 0.5) is 5.69 Å². The molecule has 17 heavy (non-hydrogen) atoms. The summed E-state index contributed by atoms with van der Waals surface area (Å²) in [4.78, 5) is 0. The van der Waals surface area contributed by atoms with Gasteiger partial charge >= 0.3 is 0 Å². The number of anilines is 1. The molecule has 0 spiro atoms. The molecule has 0 aromatic heterocycles. The number of benzene rings is 1. The molecule has 0 fully saturated rings. The first-order chi connectivity index (χ1) is 7.95. The zero-order chi connectivity index (χ0) is 12.9. The normalized spacial score (nSPS) is 11.8. The van der Waals surface area contributed by atoms with Crippen LogP contribution in [-0.2, 0) is 15.7 Å². The van der Waals surface area contributed by atoms with Crippen molar-refractivity contribution in [3.63, 3.8) is 0 Å². The third-order valence-electron chi connectivity index (χ3n) is 2.52. The lowest BCUT2D eigenvalue weighted by Crippen LogP contribution is -2.22. The summed E-state index contributed by atoms with van der Waals surface area (Å²) in [7, 11) is -2.97. The highest BCUT2D eigenvalue weighted by atomic mass is 35.5. The van der Waals surface area contributed by atoms with Gasteiger partial charge in [-0.15, -0.1) is 11.6 Å². The molecular weight excluding hydrogens is 258 g/mol. The maximum atomic E-state index is 11.6. The fraction of sp³-hybridized carbons (Fsp3) is 0.500. The van der Waals surface area contributed by atoms with Gasteiger partial charge in [0.1, 0.15) is 0 Å². The molecule has 0 saturated carbocycles. The molecule has 0 bridgehead atoms. The molecule has 0 aliphatic heterocycles. The lowest BCUT2D eigenvalue weighted by Gasteiger charge is -2.10. The van der Waals surface area contributed by atoms with Crippen LogP contribution in [0.1, 0.15) is 19.4 Å². The monoisotopic (exact) mass is 275 g/mol. The Hall–Kier alpha value is -0.740. The average Bonchev–Trinajstić information content (AvgIpc) is 2.29. The fourth-order valence-corrected chi connectivity index (χ4v) is 2.36. The van der Waals surface area contributed by atoms with Crippen molar-refractivity contribution in [2.45, 2.75) is 25.0 Å². The van der Waals surface area contributed by atoms with Gasteiger partial charge in [0.05, 0.1) is 11.0 Å². The Morgan fingerprint density at radius 1 is 1.35 bits per heavy atom. The Kier molecular flexibility index (Phi) is 5.28. The summed E-state index contributed by atoms with van der Waals surface area (Å²) in [5, 5.41) is 2.77. The van der Waals surface area contributed by atoms with Crippen LogP contribution in [0.3, 0.4) is 0 Å². The number of hydrogen-bond acceptors (Lipinski definition) is 3. The van der Waals surface area contributed by atoms with E-state index in [0.29, 0.717) is 12.4 Å². The first-order valence-electron chi connectivity index (χ1n) is 5.56. The molecule has 0 atom stereocenters. The molecule has 0 unspecified atom stereocenters. The molecule has 5 heteroatoms. The Morgan fingerprint density at radius 2 is 2.06 bits per heavy atom. The molecule has 1 rings (SSSR count). The van der Waals surface area contributed by atoms with E-state index in [1.165, 1.54) is 0 Å². The van der Waals surface area contributed by atoms with E-state index in [2.05, 4.69) is 5.32 Å². The van der Waals surface area contributed by atoms with Crippen LogP contribution >= 0.6 is 11.6 Å². The first-order valence-corrected chi connectivity index (χ1v) is 7.81. The van der Waals surface area contributed by atoms with E-state index < -0.39 is 9.84 Å². The number of hydrogen-bond donors (Lipinski definition) is 1. The second-order valence-corrected chi connectivity index (χ2v) is 7.12. The molecule has 0 aliphatic rings. The smallest absolute Gasteiger partial charge is 0.154 e. The quantitative estimate of drug-likeness (QED) is 0.812. The average molecular weight is 276 g/mol. The Labute approximate surface area is 108 Å². The summed E-state index contributed by atoms with van der Waals surface area (Å²) in [6.07, 6.45) is 0. The van der Waals surface area contributed by atoms with Crippen LogP contribution in [-0.4, -0.2) is 26.0 Å². The van der Waals surface area contributed by atoms with E-state index >= 15 is 0 Å². The minimum atomic E-state index is -2.97. The van der Waals surface area contributed by atoms with Crippen LogP contribution in [0.5, 0.6) is 0 Å². The third kappa shape index (κ3) is 4.56. The molecule has 0 heterocycles. The number of nitrogens with one attached hydrogen (secondary N) is 1. The van der Waals surface area contributed by atoms with Crippen molar-refractivity contribution >= 4 is 27.1 Å². The Morgan fingerprint density at radius 3 is 2.65 bits per heavy atom. The second-order valence-electron chi connectivity index (χ2n) is 4.18. The molecule has 1 aromatic rings. The Balaban J connectivity index is 2.51. The summed E-state index contributed by atoms with van der Waals surface area (Å²) in [5.41, 5.74) is 1.92. The predicted molar refractivity (Wildman–Crippen MR) is 73.4 cm³/mol. The van der Waals surface area contributed by atoms with Gasteiger partial charge in [0.25, 0.3) is 0 Å². The topological polar surface area (TPSA) is 46.2 Å². The van der Waals surface area contributed by atoms with Gasteiger partial charge in [0, 0.05) is 18.1 Å². The van der Waals surface area contributed by atoms with Crippen molar-refractivity contribution in [3.8, 4) is 0 Å². The SMILES string of the molecule is CC(C)S(=O)(=O)CCNc1cccc(CCl)c1. The molecule has 0 radical (unpaired) electrons. The van der Waals surface area contributed by atoms with Crippen molar-refractivity contribution in [1.29, 1.82) is 0 Å². The number of rotatable bonds is 6. The zero-order valence-electron chi connectivity index (χ0n) is 10.1. The van der Waals surface area contributed by atoms with Crippen LogP contribution in [0.25, 0.3) is 0 Å². The van der Waals surface area contributed by atoms with Gasteiger partial charge in [-0.2, -0.15) is 0 Å². The molecule has 0 amide bonds. The van der Waals surface area contributed by atoms with E-state index in [1.54, 1.807) is 13.8 Å². The number of sulfone groups is 1. The Bertz CT molecular complexity index is 457. The van der Waals surface area contributed by atoms with Gasteiger partial charge in [-0.05, 0) is 31.5 Å². The zero-order valence-corrected chi connectivity index (χ0v) is 11.7. The molecule has 96 valence electrons. The molecule has 0 aliphatic carbocycles. The van der Waals surface area contributed by atoms with Crippen molar-refractivity contribution in [1.82, 2.24) is 0 Å². The van der Waals surface area contributed by atoms with Crippen LogP contribution in [0.15, 0.2) is 24.3 Å². The lowest BCUT2D eigenvalue weighted by molar-refractivity contribution is 0.588. The molecule has 3 nitrogen and oxygen atoms in total. The summed E-state index contributed by atoms with van der Waals surface area (Å²) >= 11 is 5.72. The van der Waals surface area contributed by atoms with Gasteiger partial charge in [-0.3, -0.25) is 0 Å². The van der Waals surface area contributed by atoms with E-state index in [-0.39, 0.29) is 11.0 Å². The van der Waals surface area contributed by atoms with Crippen molar-refractivity contribution < 1.29 is 8.42 Å². The molecule has 1 aromatic carbocycles. The van der Waals surface area contributed by atoms with Gasteiger partial charge in [0.15, 0.2) is 9.84 Å². The highest BCUT2D eigenvalue weighted by Gasteiger charge is 2.14. The van der Waals surface area contributed by atoms with Crippen LogP contribution in [0, 0.1) is 0 Å². The minimum Gasteiger partial charge on any atom is -0.384 e. The van der Waals surface area contributed by atoms with E-state index in [4.69, 9.17) is 11.6 Å². The lowest BCUT2D eigenvalue weighted by atomic mass is 10.2. The van der Waals surface area contributed by atoms with E-state index in [9.17, 15) is 8.42 Å². The van der Waals surface area contributed by atoms with Crippen LogP contribution < -0.4 is 5.32 Å². The second kappa shape index (κ2) is 6.26. The molecular formula is C12H18ClNO2S. The van der Waals surface area contributed by atoms with Gasteiger partial charge in [0.2, 0.25) is 0 Å². The van der Waals surface area contributed by atoms with Gasteiger partial charge in [-0.1, -0.05) is 12.1 Å². The third-order valence-corrected chi connectivity index (χ3v) is 5.03. The van der Waals surface area contributed by atoms with E-state index in [0.717, 1.165) is 11.3 Å². The minimum absolute atomic E-state index is 0.149. The fourth-order valence-electron chi connectivity index (χ4n) is 1.34. The molecule has 0 saturated heterocycles. The largest absolute Gasteiger partial charge is 0.384 e. The summed E-state index contributed by atoms with van der Waals surface area (Å²) in [5.74, 6) is 0.607. The highest BCUT2D eigenvalue weighted by molar-refractivity contribution is 7.92. The van der Waals surface area contributed by atoms with Crippen LogP contribution in [0.2, 0.25) is 0 Å². The van der Waals surface area contributed by atoms with E-state index in [1.807, 2.05) is 24.3 Å². The maximum absolute atomic E-state index is 11.6. The summed E-state index contributed by atoms with van der Waals surface area (Å²) in [6, 6.07) is 7.66. The van der Waals surface area contributed by atoms with Gasteiger partial charge in [-0.25, -0.2) is 8.42 Å². The van der Waals surface area contributed by atoms with Crippen molar-refractivity contribution in [2.75, 3.05) is 17.6 Å².